The molecule has 0 aromatic heterocycles. The lowest BCUT2D eigenvalue weighted by Crippen LogP contribution is -2.54. The predicted molar refractivity (Wildman–Crippen MR) is 73.3 cm³/mol. The first-order valence-electron chi connectivity index (χ1n) is 6.65. The molecule has 11 nitrogen and oxygen atoms in total. The number of Topliss-reactive ketones (excluding diaryl/α,β-unsaturated/α-hetero) is 2. The molecule has 0 aromatic rings. The molecule has 1 heterocycles. The maximum Gasteiger partial charge on any atom is 0.337 e. The van der Waals surface area contributed by atoms with Gasteiger partial charge in [0.2, 0.25) is 0 Å². The van der Waals surface area contributed by atoms with E-state index >= 15 is 0 Å². The number of ketones is 2. The van der Waals surface area contributed by atoms with Crippen LogP contribution in [0.15, 0.2) is 11.4 Å². The summed E-state index contributed by atoms with van der Waals surface area (Å²) in [6.07, 6.45) is -1.09. The molecule has 0 aromatic carbocycles. The van der Waals surface area contributed by atoms with Crippen LogP contribution in [0.25, 0.3) is 0 Å². The van der Waals surface area contributed by atoms with Gasteiger partial charge in [-0.05, 0) is 13.8 Å². The summed E-state index contributed by atoms with van der Waals surface area (Å²) >= 11 is 0. The second kappa shape index (κ2) is 7.42. The highest BCUT2D eigenvalue weighted by molar-refractivity contribution is 6.00. The lowest BCUT2D eigenvalue weighted by Gasteiger charge is -2.25. The zero-order valence-electron chi connectivity index (χ0n) is 12.4. The van der Waals surface area contributed by atoms with Crippen molar-refractivity contribution in [1.82, 2.24) is 5.32 Å². The van der Waals surface area contributed by atoms with E-state index in [1.165, 1.54) is 6.92 Å². The average Bonchev–Trinajstić information content (AvgIpc) is 2.36. The summed E-state index contributed by atoms with van der Waals surface area (Å²) in [6, 6.07) is -3.23. The molecule has 11 heteroatoms. The van der Waals surface area contributed by atoms with Gasteiger partial charge in [0, 0.05) is 11.3 Å². The van der Waals surface area contributed by atoms with Gasteiger partial charge in [-0.3, -0.25) is 34.6 Å². The molecule has 0 fully saturated rings. The standard InChI is InChI=1S/C12H15N3O8/c1-3-23-9(17)5-7(16)4-8-11(15(21)22)12(18)10(14(19)20)6(2)13-8/h8,11,13H,3-5H2,1-2H3/t8-,11+/m1/s1. The van der Waals surface area contributed by atoms with Gasteiger partial charge in [0.25, 0.3) is 0 Å². The molecular weight excluding hydrogens is 314 g/mol. The van der Waals surface area contributed by atoms with Crippen molar-refractivity contribution in [2.24, 2.45) is 0 Å². The fraction of sp³-hybridized carbons (Fsp3) is 0.583. The lowest BCUT2D eigenvalue weighted by molar-refractivity contribution is -0.515. The molecule has 0 aliphatic carbocycles. The number of rotatable bonds is 7. The molecule has 0 bridgehead atoms. The Hall–Kier alpha value is -2.85. The Morgan fingerprint density at radius 2 is 1.91 bits per heavy atom. The SMILES string of the molecule is CCOC(=O)CC(=O)C[C@H]1NC(C)=C([N+](=O)[O-])C(=O)[C@H]1[N+](=O)[O-]. The summed E-state index contributed by atoms with van der Waals surface area (Å²) in [5.41, 5.74) is -1.06. The largest absolute Gasteiger partial charge is 0.466 e. The number of nitrogens with one attached hydrogen (secondary N) is 1. The van der Waals surface area contributed by atoms with Gasteiger partial charge in [0.15, 0.2) is 0 Å². The highest BCUT2D eigenvalue weighted by Gasteiger charge is 2.50. The van der Waals surface area contributed by atoms with Gasteiger partial charge in [-0.2, -0.15) is 0 Å². The Kier molecular flexibility index (Phi) is 5.87. The van der Waals surface area contributed by atoms with Crippen molar-refractivity contribution in [1.29, 1.82) is 0 Å². The number of hydrogen-bond donors (Lipinski definition) is 1. The minimum Gasteiger partial charge on any atom is -0.466 e. The highest BCUT2D eigenvalue weighted by atomic mass is 16.6. The summed E-state index contributed by atoms with van der Waals surface area (Å²) in [7, 11) is 0. The van der Waals surface area contributed by atoms with E-state index in [0.29, 0.717) is 0 Å². The number of carbonyl (C=O) groups is 3. The molecule has 1 aliphatic rings. The first kappa shape index (κ1) is 18.2. The normalized spacial score (nSPS) is 20.7. The number of esters is 1. The van der Waals surface area contributed by atoms with Gasteiger partial charge in [0.1, 0.15) is 18.2 Å². The van der Waals surface area contributed by atoms with E-state index in [2.05, 4.69) is 10.1 Å². The van der Waals surface area contributed by atoms with E-state index in [0.717, 1.165) is 0 Å². The number of carbonyl (C=O) groups excluding carboxylic acids is 3. The number of nitrogens with zero attached hydrogens (tertiary/aromatic N) is 2. The fourth-order valence-electron chi connectivity index (χ4n) is 2.26. The Morgan fingerprint density at radius 1 is 1.30 bits per heavy atom. The summed E-state index contributed by atoms with van der Waals surface area (Å²) in [6.45, 7) is 2.85. The molecule has 0 amide bonds. The van der Waals surface area contributed by atoms with Crippen LogP contribution in [0.1, 0.15) is 26.7 Å². The molecule has 1 aliphatic heterocycles. The maximum atomic E-state index is 12.0. The zero-order valence-corrected chi connectivity index (χ0v) is 12.4. The Labute approximate surface area is 130 Å². The van der Waals surface area contributed by atoms with Crippen molar-refractivity contribution in [2.75, 3.05) is 6.61 Å². The number of allylic oxidation sites excluding steroid dienone is 1. The van der Waals surface area contributed by atoms with Crippen molar-refractivity contribution in [3.63, 3.8) is 0 Å². The van der Waals surface area contributed by atoms with Gasteiger partial charge in [-0.15, -0.1) is 0 Å². The van der Waals surface area contributed by atoms with Crippen molar-refractivity contribution in [3.8, 4) is 0 Å². The van der Waals surface area contributed by atoms with E-state index in [-0.39, 0.29) is 12.3 Å². The van der Waals surface area contributed by atoms with Crippen LogP contribution in [0.4, 0.5) is 0 Å². The summed E-state index contributed by atoms with van der Waals surface area (Å²) in [5, 5.41) is 24.3. The molecule has 0 saturated carbocycles. The first-order valence-corrected chi connectivity index (χ1v) is 6.65. The van der Waals surface area contributed by atoms with Crippen molar-refractivity contribution in [3.05, 3.63) is 31.6 Å². The second-order valence-electron chi connectivity index (χ2n) is 4.80. The van der Waals surface area contributed by atoms with Crippen molar-refractivity contribution < 1.29 is 29.0 Å². The Bertz CT molecular complexity index is 597. The molecule has 2 atom stereocenters. The maximum absolute atomic E-state index is 12.0. The summed E-state index contributed by atoms with van der Waals surface area (Å²) < 4.78 is 4.59. The molecule has 0 saturated heterocycles. The summed E-state index contributed by atoms with van der Waals surface area (Å²) in [5.74, 6) is -2.72. The van der Waals surface area contributed by atoms with E-state index in [9.17, 15) is 34.6 Å². The van der Waals surface area contributed by atoms with Gasteiger partial charge in [-0.25, -0.2) is 0 Å². The smallest absolute Gasteiger partial charge is 0.337 e. The average molecular weight is 329 g/mol. The monoisotopic (exact) mass is 329 g/mol. The second-order valence-corrected chi connectivity index (χ2v) is 4.80. The van der Waals surface area contributed by atoms with Crippen LogP contribution in [0, 0.1) is 20.2 Å². The zero-order chi connectivity index (χ0) is 17.7. The minimum absolute atomic E-state index is 0.0812. The van der Waals surface area contributed by atoms with E-state index in [4.69, 9.17) is 0 Å². The quantitative estimate of drug-likeness (QED) is 0.283. The van der Waals surface area contributed by atoms with Crippen LogP contribution in [-0.2, 0) is 19.1 Å². The van der Waals surface area contributed by atoms with Crippen LogP contribution >= 0.6 is 0 Å². The summed E-state index contributed by atoms with van der Waals surface area (Å²) in [4.78, 5) is 54.8. The van der Waals surface area contributed by atoms with Crippen molar-refractivity contribution >= 4 is 17.5 Å². The van der Waals surface area contributed by atoms with Crippen LogP contribution in [0.2, 0.25) is 0 Å². The van der Waals surface area contributed by atoms with Crippen LogP contribution in [0.5, 0.6) is 0 Å². The van der Waals surface area contributed by atoms with Gasteiger partial charge >= 0.3 is 23.5 Å². The number of nitro groups is 2. The highest BCUT2D eigenvalue weighted by Crippen LogP contribution is 2.20. The molecule has 0 radical (unpaired) electrons. The molecule has 1 N–H and O–H groups in total. The molecule has 1 rings (SSSR count). The molecular formula is C12H15N3O8. The van der Waals surface area contributed by atoms with Crippen LogP contribution in [0.3, 0.4) is 0 Å². The number of ether oxygens (including phenoxy) is 1. The van der Waals surface area contributed by atoms with E-state index in [1.54, 1.807) is 6.92 Å². The third kappa shape index (κ3) is 4.31. The first-order chi connectivity index (χ1) is 10.7. The fourth-order valence-corrected chi connectivity index (χ4v) is 2.26. The van der Waals surface area contributed by atoms with Crippen LogP contribution < -0.4 is 5.32 Å². The predicted octanol–water partition coefficient (Wildman–Crippen LogP) is -0.407. The minimum atomic E-state index is -1.97. The van der Waals surface area contributed by atoms with Gasteiger partial charge < -0.3 is 10.1 Å². The van der Waals surface area contributed by atoms with E-state index in [1.807, 2.05) is 0 Å². The third-order valence-corrected chi connectivity index (χ3v) is 3.14. The number of hydrogen-bond acceptors (Lipinski definition) is 9. The molecule has 23 heavy (non-hydrogen) atoms. The van der Waals surface area contributed by atoms with E-state index < -0.39 is 58.0 Å². The Balaban J connectivity index is 2.95. The molecule has 0 unspecified atom stereocenters. The van der Waals surface area contributed by atoms with Crippen LogP contribution in [-0.4, -0.2) is 46.1 Å². The van der Waals surface area contributed by atoms with Gasteiger partial charge in [0.05, 0.1) is 17.2 Å². The third-order valence-electron chi connectivity index (χ3n) is 3.14. The van der Waals surface area contributed by atoms with Crippen molar-refractivity contribution in [2.45, 2.75) is 38.8 Å². The lowest BCUT2D eigenvalue weighted by atomic mass is 9.92. The molecule has 126 valence electrons. The Morgan fingerprint density at radius 3 is 2.39 bits per heavy atom. The topological polar surface area (TPSA) is 159 Å². The molecule has 0 spiro atoms. The van der Waals surface area contributed by atoms with Gasteiger partial charge in [-0.1, -0.05) is 0 Å².